The minimum atomic E-state index is -3.53. The molecular formula is C10H13N3O3S. The fourth-order valence-electron chi connectivity index (χ4n) is 3.94. The van der Waals surface area contributed by atoms with Gasteiger partial charge in [-0.05, 0) is 31.6 Å². The van der Waals surface area contributed by atoms with Crippen LogP contribution in [0.25, 0.3) is 5.53 Å². The molecule has 92 valence electrons. The quantitative estimate of drug-likeness (QED) is 0.375. The van der Waals surface area contributed by atoms with Crippen LogP contribution >= 0.6 is 0 Å². The predicted octanol–water partition coefficient (Wildman–Crippen LogP) is 0.0178. The van der Waals surface area contributed by atoms with Crippen LogP contribution in [0.15, 0.2) is 0 Å². The number of hydrogen-bond acceptors (Lipinski definition) is 3. The Bertz CT molecular complexity index is 537. The molecule has 3 aliphatic rings. The van der Waals surface area contributed by atoms with Gasteiger partial charge in [-0.1, -0.05) is 0 Å². The summed E-state index contributed by atoms with van der Waals surface area (Å²) in [5.74, 6) is -0.0922. The molecule has 1 spiro atoms. The zero-order valence-corrected chi connectivity index (χ0v) is 10.1. The lowest BCUT2D eigenvalue weighted by Crippen LogP contribution is -2.42. The molecule has 2 aliphatic carbocycles. The maximum absolute atomic E-state index is 12.0. The summed E-state index contributed by atoms with van der Waals surface area (Å²) in [4.78, 5) is 14.4. The first-order chi connectivity index (χ1) is 7.98. The van der Waals surface area contributed by atoms with Crippen LogP contribution in [0.5, 0.6) is 0 Å². The number of fused-ring (bicyclic) bond motifs is 1. The second kappa shape index (κ2) is 3.17. The molecule has 7 heteroatoms. The summed E-state index contributed by atoms with van der Waals surface area (Å²) in [6, 6.07) is -0.211. The second-order valence-electron chi connectivity index (χ2n) is 5.36. The standard InChI is InChI=1S/C10H13N3O3S/c11-12-5-9(14)13-8-3-7-1-2-10(8,4-7)6-17(13,15)16/h5,7-8H,1-4,6H2. The normalized spacial score (nSPS) is 41.1. The van der Waals surface area contributed by atoms with Gasteiger partial charge in [-0.2, -0.15) is 4.79 Å². The van der Waals surface area contributed by atoms with Crippen LogP contribution in [0.4, 0.5) is 0 Å². The highest BCUT2D eigenvalue weighted by atomic mass is 32.2. The van der Waals surface area contributed by atoms with Gasteiger partial charge in [0.1, 0.15) is 0 Å². The van der Waals surface area contributed by atoms with Crippen molar-refractivity contribution in [3.8, 4) is 0 Å². The van der Waals surface area contributed by atoms with Crippen LogP contribution in [0, 0.1) is 11.3 Å². The molecule has 1 aliphatic heterocycles. The van der Waals surface area contributed by atoms with Crippen LogP contribution in [-0.2, 0) is 14.8 Å². The first kappa shape index (κ1) is 10.9. The molecule has 1 saturated heterocycles. The topological polar surface area (TPSA) is 90.8 Å². The molecule has 2 saturated carbocycles. The van der Waals surface area contributed by atoms with E-state index in [4.69, 9.17) is 5.53 Å². The number of nitrogens with zero attached hydrogens (tertiary/aromatic N) is 3. The fraction of sp³-hybridized carbons (Fsp3) is 0.800. The van der Waals surface area contributed by atoms with Gasteiger partial charge in [0, 0.05) is 5.41 Å². The van der Waals surface area contributed by atoms with Gasteiger partial charge in [-0.3, -0.25) is 4.79 Å². The van der Waals surface area contributed by atoms with Gasteiger partial charge in [0.2, 0.25) is 10.0 Å². The van der Waals surface area contributed by atoms with Crippen molar-refractivity contribution in [1.29, 1.82) is 0 Å². The molecule has 3 rings (SSSR count). The van der Waals surface area contributed by atoms with E-state index in [1.807, 2.05) is 0 Å². The number of carbonyl (C=O) groups excluding carboxylic acids is 1. The molecule has 1 amide bonds. The van der Waals surface area contributed by atoms with E-state index in [0.29, 0.717) is 12.1 Å². The van der Waals surface area contributed by atoms with Crippen molar-refractivity contribution in [3.63, 3.8) is 0 Å². The number of sulfonamides is 1. The van der Waals surface area contributed by atoms with Crippen molar-refractivity contribution in [1.82, 2.24) is 4.31 Å². The number of amides is 1. The van der Waals surface area contributed by atoms with E-state index in [-0.39, 0.29) is 17.2 Å². The first-order valence-corrected chi connectivity index (χ1v) is 7.33. The van der Waals surface area contributed by atoms with Gasteiger partial charge in [-0.15, -0.1) is 0 Å². The Morgan fingerprint density at radius 1 is 1.53 bits per heavy atom. The molecule has 0 aromatic carbocycles. The molecular weight excluding hydrogens is 242 g/mol. The summed E-state index contributed by atoms with van der Waals surface area (Å²) in [6.07, 6.45) is 4.31. The lowest BCUT2D eigenvalue weighted by molar-refractivity contribution is -0.125. The second-order valence-corrected chi connectivity index (χ2v) is 7.20. The SMILES string of the molecule is [N-]=[N+]=CC(=O)N1C2CC3CCC2(C3)CS1(=O)=O. The monoisotopic (exact) mass is 255 g/mol. The van der Waals surface area contributed by atoms with Gasteiger partial charge in [-0.25, -0.2) is 12.7 Å². The maximum atomic E-state index is 12.0. The predicted molar refractivity (Wildman–Crippen MR) is 58.5 cm³/mol. The summed E-state index contributed by atoms with van der Waals surface area (Å²) in [7, 11) is -3.53. The zero-order valence-electron chi connectivity index (χ0n) is 9.24. The first-order valence-electron chi connectivity index (χ1n) is 5.72. The average Bonchev–Trinajstić information content (AvgIpc) is 2.79. The van der Waals surface area contributed by atoms with Crippen LogP contribution < -0.4 is 0 Å². The highest BCUT2D eigenvalue weighted by Crippen LogP contribution is 2.60. The Hall–Kier alpha value is -1.20. The molecule has 0 aromatic heterocycles. The minimum absolute atomic E-state index is 0.0756. The van der Waals surface area contributed by atoms with Crippen LogP contribution in [0.3, 0.4) is 0 Å². The van der Waals surface area contributed by atoms with Gasteiger partial charge >= 0.3 is 12.1 Å². The maximum Gasteiger partial charge on any atom is 0.345 e. The van der Waals surface area contributed by atoms with Gasteiger partial charge < -0.3 is 5.53 Å². The average molecular weight is 255 g/mol. The van der Waals surface area contributed by atoms with E-state index in [0.717, 1.165) is 30.0 Å². The smallest absolute Gasteiger partial charge is 0.345 e. The molecule has 0 N–H and O–H groups in total. The van der Waals surface area contributed by atoms with Gasteiger partial charge in [0.25, 0.3) is 0 Å². The van der Waals surface area contributed by atoms with E-state index in [1.54, 1.807) is 0 Å². The molecule has 2 bridgehead atoms. The third kappa shape index (κ3) is 1.32. The number of rotatable bonds is 1. The molecule has 3 atom stereocenters. The summed E-state index contributed by atoms with van der Waals surface area (Å²) >= 11 is 0. The zero-order chi connectivity index (χ0) is 12.3. The molecule has 1 heterocycles. The highest BCUT2D eigenvalue weighted by Gasteiger charge is 2.64. The lowest BCUT2D eigenvalue weighted by atomic mass is 9.82. The number of carbonyl (C=O) groups is 1. The van der Waals surface area contributed by atoms with Crippen molar-refractivity contribution in [3.05, 3.63) is 5.53 Å². The summed E-state index contributed by atoms with van der Waals surface area (Å²) in [6.45, 7) is 0. The van der Waals surface area contributed by atoms with E-state index in [9.17, 15) is 13.2 Å². The van der Waals surface area contributed by atoms with Crippen LogP contribution in [0.1, 0.15) is 25.7 Å². The van der Waals surface area contributed by atoms with Crippen molar-refractivity contribution in [2.45, 2.75) is 31.7 Å². The molecule has 3 unspecified atom stereocenters. The van der Waals surface area contributed by atoms with E-state index in [2.05, 4.69) is 4.79 Å². The summed E-state index contributed by atoms with van der Waals surface area (Å²) in [5, 5.41) is 0. The Labute approximate surface area is 99.3 Å². The Balaban J connectivity index is 2.04. The van der Waals surface area contributed by atoms with Crippen LogP contribution in [-0.4, -0.2) is 41.4 Å². The molecule has 0 radical (unpaired) electrons. The largest absolute Gasteiger partial charge is 0.361 e. The van der Waals surface area contributed by atoms with Crippen molar-refractivity contribution >= 4 is 22.1 Å². The van der Waals surface area contributed by atoms with Crippen LogP contribution in [0.2, 0.25) is 0 Å². The number of hydrogen-bond donors (Lipinski definition) is 0. The third-order valence-corrected chi connectivity index (χ3v) is 6.42. The lowest BCUT2D eigenvalue weighted by Gasteiger charge is -2.29. The summed E-state index contributed by atoms with van der Waals surface area (Å²) < 4.78 is 25.0. The molecule has 17 heavy (non-hydrogen) atoms. The van der Waals surface area contributed by atoms with E-state index >= 15 is 0 Å². The van der Waals surface area contributed by atoms with E-state index in [1.165, 1.54) is 0 Å². The van der Waals surface area contributed by atoms with Crippen molar-refractivity contribution < 1.29 is 18.0 Å². The summed E-state index contributed by atoms with van der Waals surface area (Å²) in [5.41, 5.74) is 8.15. The molecule has 3 fully saturated rings. The highest BCUT2D eigenvalue weighted by molar-refractivity contribution is 7.90. The van der Waals surface area contributed by atoms with Crippen molar-refractivity contribution in [2.75, 3.05) is 5.75 Å². The Kier molecular flexibility index (Phi) is 2.04. The van der Waals surface area contributed by atoms with Gasteiger partial charge in [0.05, 0.1) is 11.8 Å². The van der Waals surface area contributed by atoms with Crippen molar-refractivity contribution in [2.24, 2.45) is 11.3 Å². The van der Waals surface area contributed by atoms with Gasteiger partial charge in [0.15, 0.2) is 0 Å². The molecule has 0 aromatic rings. The fourth-order valence-corrected chi connectivity index (χ4v) is 6.27. The molecule has 6 nitrogen and oxygen atoms in total. The minimum Gasteiger partial charge on any atom is -0.361 e. The Morgan fingerprint density at radius 2 is 2.29 bits per heavy atom. The third-order valence-electron chi connectivity index (χ3n) is 4.45. The van der Waals surface area contributed by atoms with E-state index < -0.39 is 15.9 Å². The Morgan fingerprint density at radius 3 is 2.94 bits per heavy atom.